The number of unbranched alkanes of at least 4 members (excludes halogenated alkanes) is 4. The van der Waals surface area contributed by atoms with E-state index in [1.54, 1.807) is 0 Å². The summed E-state index contributed by atoms with van der Waals surface area (Å²) >= 11 is 1.35. The third kappa shape index (κ3) is 7.35. The number of carboxylic acids is 1. The molecule has 0 unspecified atom stereocenters. The van der Waals surface area contributed by atoms with E-state index in [4.69, 9.17) is 5.11 Å². The summed E-state index contributed by atoms with van der Waals surface area (Å²) in [6.07, 6.45) is 7.41. The first-order chi connectivity index (χ1) is 14.0. The summed E-state index contributed by atoms with van der Waals surface area (Å²) in [4.78, 5) is 42.6. The van der Waals surface area contributed by atoms with Crippen LogP contribution < -0.4 is 0 Å². The molecule has 0 saturated carbocycles. The average molecular weight is 510 g/mol. The van der Waals surface area contributed by atoms with Crippen LogP contribution in [-0.2, 0) is 14.4 Å². The Morgan fingerprint density at radius 1 is 0.897 bits per heavy atom. The van der Waals surface area contributed by atoms with Crippen LogP contribution in [0.1, 0.15) is 45.4 Å². The van der Waals surface area contributed by atoms with Gasteiger partial charge in [0, 0.05) is 51.8 Å². The fourth-order valence-corrected chi connectivity index (χ4v) is 3.16. The number of Topliss-reactive ketones (excluding diaryl/α,β-unsaturated/α-hetero) is 1. The number of carbonyl (C=O) groups excluding carboxylic acids is 2. The standard InChI is InChI=1S/C12H13N3O2.C8H16O2.CH3.Sn.H/c16-9-7-8(13-1-2-13)12(17)11(15-5-6-15)10(9)14-3-4-14;1-2-3-4-5-6-7-8(9)10;;;/h7H,1-6H2;2-7H2,1H3,(H,9,10);1H3;;. The number of nitrogens with zero attached hydrogens (tertiary/aromatic N) is 3. The average Bonchev–Trinajstić information content (AvgIpc) is 3.57. The van der Waals surface area contributed by atoms with E-state index in [-0.39, 0.29) is 11.6 Å². The molecule has 0 bridgehead atoms. The van der Waals surface area contributed by atoms with Crippen molar-refractivity contribution in [1.82, 2.24) is 14.7 Å². The van der Waals surface area contributed by atoms with Gasteiger partial charge in [0.1, 0.15) is 11.4 Å². The molecular weight excluding hydrogens is 477 g/mol. The summed E-state index contributed by atoms with van der Waals surface area (Å²) in [7, 11) is 0. The maximum atomic E-state index is 12.4. The van der Waals surface area contributed by atoms with Crippen molar-refractivity contribution in [3.05, 3.63) is 23.2 Å². The number of ketones is 2. The van der Waals surface area contributed by atoms with Crippen molar-refractivity contribution in [2.75, 3.05) is 39.3 Å². The first-order valence-corrected chi connectivity index (χ1v) is 13.9. The number of rotatable bonds is 9. The van der Waals surface area contributed by atoms with Gasteiger partial charge in [0.2, 0.25) is 11.6 Å². The number of carbonyl (C=O) groups is 3. The van der Waals surface area contributed by atoms with E-state index in [1.165, 1.54) is 47.9 Å². The zero-order valence-corrected chi connectivity index (χ0v) is 20.9. The molecule has 4 rings (SSSR count). The molecule has 8 heteroatoms. The Kier molecular flexibility index (Phi) is 9.52. The van der Waals surface area contributed by atoms with Crippen molar-refractivity contribution in [3.63, 3.8) is 0 Å². The number of aliphatic carboxylic acids is 1. The molecule has 7 nitrogen and oxygen atoms in total. The van der Waals surface area contributed by atoms with Gasteiger partial charge in [0.25, 0.3) is 0 Å². The van der Waals surface area contributed by atoms with Crippen LogP contribution in [0.4, 0.5) is 0 Å². The molecule has 3 saturated heterocycles. The molecule has 0 aromatic heterocycles. The summed E-state index contributed by atoms with van der Waals surface area (Å²) < 4.78 is 0. The van der Waals surface area contributed by atoms with Gasteiger partial charge in [-0.3, -0.25) is 14.4 Å². The van der Waals surface area contributed by atoms with Crippen LogP contribution in [0, 0.1) is 0 Å². The molecule has 3 aliphatic heterocycles. The van der Waals surface area contributed by atoms with Crippen molar-refractivity contribution < 1.29 is 19.5 Å². The van der Waals surface area contributed by atoms with Crippen molar-refractivity contribution in [2.45, 2.75) is 50.4 Å². The third-order valence-corrected chi connectivity index (χ3v) is 4.98. The first kappa shape index (κ1) is 23.8. The van der Waals surface area contributed by atoms with Gasteiger partial charge in [0.05, 0.1) is 5.70 Å². The second-order valence-corrected chi connectivity index (χ2v) is 7.44. The minimum absolute atomic E-state index is 0.00546. The van der Waals surface area contributed by atoms with Crippen LogP contribution >= 0.6 is 0 Å². The van der Waals surface area contributed by atoms with Gasteiger partial charge in [-0.15, -0.1) is 0 Å². The van der Waals surface area contributed by atoms with Crippen LogP contribution in [0.5, 0.6) is 0 Å². The number of allylic oxidation sites excluding steroid dienone is 1. The second-order valence-electron chi connectivity index (χ2n) is 7.44. The Bertz CT molecular complexity index is 677. The fourth-order valence-electron chi connectivity index (χ4n) is 3.16. The molecule has 29 heavy (non-hydrogen) atoms. The van der Waals surface area contributed by atoms with Crippen LogP contribution in [0.15, 0.2) is 23.2 Å². The van der Waals surface area contributed by atoms with Gasteiger partial charge < -0.3 is 19.8 Å². The van der Waals surface area contributed by atoms with Crippen LogP contribution in [0.3, 0.4) is 0 Å². The molecule has 1 aliphatic carbocycles. The molecule has 3 fully saturated rings. The molecule has 2 radical (unpaired) electrons. The zero-order valence-electron chi connectivity index (χ0n) is 17.7. The summed E-state index contributed by atoms with van der Waals surface area (Å²) in [6, 6.07) is 0. The van der Waals surface area contributed by atoms with E-state index in [9.17, 15) is 14.4 Å². The molecule has 160 valence electrons. The maximum absolute atomic E-state index is 12.4. The Morgan fingerprint density at radius 3 is 1.90 bits per heavy atom. The fraction of sp³-hybridized carbons (Fsp3) is 0.667. The van der Waals surface area contributed by atoms with Crippen molar-refractivity contribution in [3.8, 4) is 0 Å². The molecule has 3 heterocycles. The Labute approximate surface area is 186 Å². The molecule has 0 aromatic carbocycles. The molecule has 1 N–H and O–H groups in total. The van der Waals surface area contributed by atoms with Gasteiger partial charge in [-0.05, 0) is 6.42 Å². The Balaban J connectivity index is 0.000000218. The quantitative estimate of drug-likeness (QED) is 0.218. The number of hydrogen-bond acceptors (Lipinski definition) is 6. The molecule has 0 aromatic rings. The summed E-state index contributed by atoms with van der Waals surface area (Å²) in [5.74, 6) is -0.621. The van der Waals surface area contributed by atoms with E-state index in [0.29, 0.717) is 23.5 Å². The van der Waals surface area contributed by atoms with E-state index >= 15 is 0 Å². The topological polar surface area (TPSA) is 80.5 Å². The first-order valence-electron chi connectivity index (χ1n) is 10.6. The summed E-state index contributed by atoms with van der Waals surface area (Å²) in [6.45, 7) is 7.56. The van der Waals surface area contributed by atoms with Gasteiger partial charge in [-0.25, -0.2) is 0 Å². The summed E-state index contributed by atoms with van der Waals surface area (Å²) in [5, 5.41) is 8.27. The van der Waals surface area contributed by atoms with Gasteiger partial charge in [0.15, 0.2) is 0 Å². The van der Waals surface area contributed by atoms with Crippen molar-refractivity contribution in [1.29, 1.82) is 0 Å². The van der Waals surface area contributed by atoms with Crippen molar-refractivity contribution in [2.24, 2.45) is 0 Å². The van der Waals surface area contributed by atoms with Crippen molar-refractivity contribution >= 4 is 40.1 Å². The molecule has 4 aliphatic rings. The van der Waals surface area contributed by atoms with E-state index in [0.717, 1.165) is 52.1 Å². The van der Waals surface area contributed by atoms with Gasteiger partial charge in [-0.2, -0.15) is 0 Å². The second kappa shape index (κ2) is 11.6. The predicted octanol–water partition coefficient (Wildman–Crippen LogP) is 1.55. The predicted molar refractivity (Wildman–Crippen MR) is 114 cm³/mol. The normalized spacial score (nSPS) is 19.1. The summed E-state index contributed by atoms with van der Waals surface area (Å²) in [5.41, 5.74) is 1.89. The Hall–Kier alpha value is -1.51. The molecule has 0 atom stereocenters. The van der Waals surface area contributed by atoms with Gasteiger partial charge in [-0.1, -0.05) is 32.6 Å². The van der Waals surface area contributed by atoms with E-state index in [1.807, 2.05) is 14.7 Å². The zero-order chi connectivity index (χ0) is 21.4. The Morgan fingerprint density at radius 2 is 1.41 bits per heavy atom. The minimum atomic E-state index is -0.670. The van der Waals surface area contributed by atoms with Crippen LogP contribution in [0.25, 0.3) is 0 Å². The monoisotopic (exact) mass is 511 g/mol. The van der Waals surface area contributed by atoms with E-state index < -0.39 is 5.97 Å². The molecule has 0 amide bonds. The number of carboxylic acid groups (broad SMARTS) is 1. The van der Waals surface area contributed by atoms with Gasteiger partial charge >= 0.3 is 33.4 Å². The number of hydrogen-bond donors (Lipinski definition) is 1. The van der Waals surface area contributed by atoms with Crippen LogP contribution in [-0.4, -0.2) is 99.1 Å². The van der Waals surface area contributed by atoms with E-state index in [2.05, 4.69) is 11.9 Å². The van der Waals surface area contributed by atoms with Crippen LogP contribution in [0.2, 0.25) is 4.94 Å². The molecule has 0 spiro atoms. The molecular formula is C21H33N3O4Sn. The third-order valence-electron chi connectivity index (χ3n) is 4.98. The SMILES string of the molecule is CCCCCCCC(=O)O.O=C1C=C(N2CC2)C(=O)C(N2CC2)=C1N1CC1.[CH3][SnH].